The smallest absolute Gasteiger partial charge is 0.336 e. The first-order chi connectivity index (χ1) is 12.1. The number of carbonyl (C=O) groups is 2. The van der Waals surface area contributed by atoms with Gasteiger partial charge in [0.1, 0.15) is 11.7 Å². The van der Waals surface area contributed by atoms with Crippen LogP contribution in [0.3, 0.4) is 0 Å². The molecular weight excluding hydrogens is 336 g/mol. The lowest BCUT2D eigenvalue weighted by atomic mass is 9.52. The van der Waals surface area contributed by atoms with E-state index in [4.69, 9.17) is 18.9 Å². The molecule has 6 nitrogen and oxygen atoms in total. The predicted octanol–water partition coefficient (Wildman–Crippen LogP) is 2.67. The van der Waals surface area contributed by atoms with Crippen molar-refractivity contribution < 1.29 is 28.5 Å². The van der Waals surface area contributed by atoms with Gasteiger partial charge >= 0.3 is 11.9 Å². The van der Waals surface area contributed by atoms with Crippen molar-refractivity contribution in [3.8, 4) is 0 Å². The van der Waals surface area contributed by atoms with Gasteiger partial charge in [0, 0.05) is 30.1 Å². The molecule has 0 amide bonds. The Kier molecular flexibility index (Phi) is 3.55. The Balaban J connectivity index is 1.88. The van der Waals surface area contributed by atoms with E-state index in [-0.39, 0.29) is 12.0 Å². The molecule has 2 heterocycles. The van der Waals surface area contributed by atoms with E-state index in [0.29, 0.717) is 23.1 Å². The molecule has 0 aromatic carbocycles. The number of methoxy groups -OCH3 is 1. The number of rotatable bonds is 3. The number of hydrogen-bond donors (Lipinski definition) is 0. The third-order valence-corrected chi connectivity index (χ3v) is 7.24. The van der Waals surface area contributed by atoms with E-state index in [1.807, 2.05) is 0 Å². The molecule has 0 aromatic rings. The summed E-state index contributed by atoms with van der Waals surface area (Å²) in [7, 11) is 1.53. The van der Waals surface area contributed by atoms with Gasteiger partial charge in [-0.05, 0) is 39.5 Å². The molecule has 26 heavy (non-hydrogen) atoms. The lowest BCUT2D eigenvalue weighted by Crippen LogP contribution is -2.63. The number of epoxide rings is 1. The summed E-state index contributed by atoms with van der Waals surface area (Å²) in [5.74, 6) is -1.92. The van der Waals surface area contributed by atoms with Gasteiger partial charge in [0.15, 0.2) is 0 Å². The molecule has 142 valence electrons. The van der Waals surface area contributed by atoms with Crippen LogP contribution in [0.4, 0.5) is 0 Å². The third-order valence-electron chi connectivity index (χ3n) is 7.24. The Morgan fingerprint density at radius 1 is 1.31 bits per heavy atom. The number of esters is 2. The summed E-state index contributed by atoms with van der Waals surface area (Å²) in [6.45, 7) is 11.2. The van der Waals surface area contributed by atoms with E-state index < -0.39 is 34.8 Å². The fourth-order valence-electron chi connectivity index (χ4n) is 5.39. The number of fused-ring (bicyclic) bond motifs is 4. The van der Waals surface area contributed by atoms with Crippen molar-refractivity contribution in [3.63, 3.8) is 0 Å². The summed E-state index contributed by atoms with van der Waals surface area (Å²) < 4.78 is 23.5. The second-order valence-electron chi connectivity index (χ2n) is 8.43. The third kappa shape index (κ3) is 1.94. The van der Waals surface area contributed by atoms with Crippen LogP contribution in [0.2, 0.25) is 0 Å². The van der Waals surface area contributed by atoms with Crippen molar-refractivity contribution in [1.29, 1.82) is 0 Å². The molecule has 6 unspecified atom stereocenters. The lowest BCUT2D eigenvalue weighted by molar-refractivity contribution is -0.235. The maximum Gasteiger partial charge on any atom is 0.336 e. The Labute approximate surface area is 153 Å². The molecule has 3 fully saturated rings. The van der Waals surface area contributed by atoms with Gasteiger partial charge in [0.05, 0.1) is 11.7 Å². The Morgan fingerprint density at radius 3 is 2.62 bits per heavy atom. The minimum absolute atomic E-state index is 0.136. The lowest BCUT2D eigenvalue weighted by Gasteiger charge is -2.55. The highest BCUT2D eigenvalue weighted by molar-refractivity contribution is 5.93. The highest BCUT2D eigenvalue weighted by atomic mass is 16.7. The summed E-state index contributed by atoms with van der Waals surface area (Å²) in [5.41, 5.74) is 0.534. The minimum Gasteiger partial charge on any atom is -0.453 e. The van der Waals surface area contributed by atoms with E-state index >= 15 is 0 Å². The van der Waals surface area contributed by atoms with E-state index in [2.05, 4.69) is 20.4 Å². The summed E-state index contributed by atoms with van der Waals surface area (Å²) in [6, 6.07) is 0. The number of hydrogen-bond acceptors (Lipinski definition) is 6. The van der Waals surface area contributed by atoms with E-state index in [0.717, 1.165) is 12.8 Å². The molecule has 2 aliphatic carbocycles. The molecule has 0 spiro atoms. The Morgan fingerprint density at radius 2 is 2.00 bits per heavy atom. The van der Waals surface area contributed by atoms with Crippen LogP contribution in [0.5, 0.6) is 0 Å². The Hall–Kier alpha value is -1.66. The number of carbonyl (C=O) groups excluding carboxylic acids is 2. The largest absolute Gasteiger partial charge is 0.453 e. The van der Waals surface area contributed by atoms with Gasteiger partial charge in [-0.2, -0.15) is 0 Å². The zero-order valence-electron chi connectivity index (χ0n) is 16.0. The van der Waals surface area contributed by atoms with Crippen LogP contribution in [0.1, 0.15) is 47.0 Å². The molecule has 6 atom stereocenters. The molecule has 0 aromatic heterocycles. The molecule has 0 radical (unpaired) electrons. The fraction of sp³-hybridized carbons (Fsp3) is 0.700. The van der Waals surface area contributed by atoms with Crippen LogP contribution in [0, 0.1) is 11.3 Å². The molecule has 0 bridgehead atoms. The molecule has 2 saturated carbocycles. The van der Waals surface area contributed by atoms with E-state index in [9.17, 15) is 9.59 Å². The van der Waals surface area contributed by atoms with Crippen molar-refractivity contribution in [3.05, 3.63) is 23.3 Å². The second-order valence-corrected chi connectivity index (χ2v) is 8.43. The van der Waals surface area contributed by atoms with Crippen molar-refractivity contribution in [1.82, 2.24) is 0 Å². The van der Waals surface area contributed by atoms with Gasteiger partial charge < -0.3 is 18.9 Å². The second kappa shape index (κ2) is 5.20. The maximum atomic E-state index is 12.5. The summed E-state index contributed by atoms with van der Waals surface area (Å²) in [5, 5.41) is 0. The fourth-order valence-corrected chi connectivity index (χ4v) is 5.39. The summed E-state index contributed by atoms with van der Waals surface area (Å²) in [6.07, 6.45) is 1.90. The van der Waals surface area contributed by atoms with Crippen molar-refractivity contribution in [2.75, 3.05) is 7.11 Å². The van der Waals surface area contributed by atoms with E-state index in [1.54, 1.807) is 13.8 Å². The highest BCUT2D eigenvalue weighted by Gasteiger charge is 2.76. The van der Waals surface area contributed by atoms with Gasteiger partial charge in [-0.15, -0.1) is 0 Å². The summed E-state index contributed by atoms with van der Waals surface area (Å²) in [4.78, 5) is 24.9. The van der Waals surface area contributed by atoms with Crippen LogP contribution in [-0.4, -0.2) is 42.6 Å². The first-order valence-electron chi connectivity index (χ1n) is 9.15. The predicted molar refractivity (Wildman–Crippen MR) is 92.0 cm³/mol. The van der Waals surface area contributed by atoms with Crippen molar-refractivity contribution >= 4 is 11.9 Å². The molecule has 6 heteroatoms. The molecule has 4 aliphatic rings. The Bertz CT molecular complexity index is 753. The SMILES string of the molecule is C=C(C)C(=O)OC1C2=C(C)C(=O)OC2(OC)CC2CCC3OC3(C)C21C. The maximum absolute atomic E-state index is 12.5. The first kappa shape index (κ1) is 17.7. The van der Waals surface area contributed by atoms with Crippen LogP contribution in [0.25, 0.3) is 0 Å². The molecule has 4 rings (SSSR count). The van der Waals surface area contributed by atoms with Crippen molar-refractivity contribution in [2.45, 2.75) is 70.6 Å². The van der Waals surface area contributed by atoms with Crippen LogP contribution in [-0.2, 0) is 28.5 Å². The molecule has 0 N–H and O–H groups in total. The van der Waals surface area contributed by atoms with Gasteiger partial charge in [-0.25, -0.2) is 9.59 Å². The first-order valence-corrected chi connectivity index (χ1v) is 9.15. The van der Waals surface area contributed by atoms with E-state index in [1.165, 1.54) is 7.11 Å². The topological polar surface area (TPSA) is 74.4 Å². The van der Waals surface area contributed by atoms with Gasteiger partial charge in [-0.1, -0.05) is 13.5 Å². The van der Waals surface area contributed by atoms with Crippen LogP contribution in [0.15, 0.2) is 23.3 Å². The van der Waals surface area contributed by atoms with Gasteiger partial charge in [-0.3, -0.25) is 0 Å². The van der Waals surface area contributed by atoms with Gasteiger partial charge in [0.25, 0.3) is 0 Å². The molecule has 2 aliphatic heterocycles. The average Bonchev–Trinajstić information content (AvgIpc) is 3.21. The zero-order chi connectivity index (χ0) is 19.1. The standard InChI is InChI=1S/C20H26O6/c1-10(2)16(21)24-15-14-11(3)17(22)26-20(14,23-6)9-12-7-8-13-19(5,25-13)18(12,15)4/h12-13,15H,1,7-9H2,2-6H3. The zero-order valence-corrected chi connectivity index (χ0v) is 16.0. The average molecular weight is 362 g/mol. The minimum atomic E-state index is -1.16. The van der Waals surface area contributed by atoms with Crippen molar-refractivity contribution in [2.24, 2.45) is 11.3 Å². The number of ether oxygens (including phenoxy) is 4. The quantitative estimate of drug-likeness (QED) is 0.437. The molecular formula is C20H26O6. The van der Waals surface area contributed by atoms with Crippen LogP contribution < -0.4 is 0 Å². The summed E-state index contributed by atoms with van der Waals surface area (Å²) >= 11 is 0. The molecule has 1 saturated heterocycles. The highest BCUT2D eigenvalue weighted by Crippen LogP contribution is 2.68. The van der Waals surface area contributed by atoms with Gasteiger partial charge in [0.2, 0.25) is 5.79 Å². The van der Waals surface area contributed by atoms with Crippen LogP contribution >= 0.6 is 0 Å². The normalized spacial score (nSPS) is 46.0. The monoisotopic (exact) mass is 362 g/mol.